The molecule has 1 rings (SSSR count). The van der Waals surface area contributed by atoms with Gasteiger partial charge in [0.1, 0.15) is 0 Å². The Balaban J connectivity index is 2.26. The zero-order valence-electron chi connectivity index (χ0n) is 11.5. The van der Waals surface area contributed by atoms with E-state index in [9.17, 15) is 9.90 Å². The van der Waals surface area contributed by atoms with Crippen LogP contribution in [0.5, 0.6) is 0 Å². The van der Waals surface area contributed by atoms with Crippen molar-refractivity contribution in [3.63, 3.8) is 0 Å². The SMILES string of the molecule is CCC(C)C(C)(O)CNC(=O)CC1CCCC1. The second-order valence-electron chi connectivity index (χ2n) is 5.80. The predicted octanol–water partition coefficient (Wildman–Crippen LogP) is 2.48. The Bertz CT molecular complexity index is 245. The van der Waals surface area contributed by atoms with E-state index < -0.39 is 5.60 Å². The summed E-state index contributed by atoms with van der Waals surface area (Å²) in [4.78, 5) is 11.7. The highest BCUT2D eigenvalue weighted by molar-refractivity contribution is 5.76. The fraction of sp³-hybridized carbons (Fsp3) is 0.929. The molecule has 0 radical (unpaired) electrons. The molecule has 1 fully saturated rings. The Kier molecular flexibility index (Phi) is 5.44. The minimum absolute atomic E-state index is 0.0977. The predicted molar refractivity (Wildman–Crippen MR) is 69.7 cm³/mol. The highest BCUT2D eigenvalue weighted by Crippen LogP contribution is 2.27. The monoisotopic (exact) mass is 241 g/mol. The van der Waals surface area contributed by atoms with E-state index >= 15 is 0 Å². The van der Waals surface area contributed by atoms with Gasteiger partial charge in [-0.1, -0.05) is 33.1 Å². The van der Waals surface area contributed by atoms with Gasteiger partial charge >= 0.3 is 0 Å². The number of rotatable bonds is 6. The average molecular weight is 241 g/mol. The lowest BCUT2D eigenvalue weighted by Gasteiger charge is -2.30. The van der Waals surface area contributed by atoms with Crippen LogP contribution in [0.25, 0.3) is 0 Å². The van der Waals surface area contributed by atoms with Gasteiger partial charge < -0.3 is 10.4 Å². The second-order valence-corrected chi connectivity index (χ2v) is 5.80. The molecule has 0 aromatic rings. The molecule has 0 aromatic heterocycles. The van der Waals surface area contributed by atoms with Gasteiger partial charge in [0.2, 0.25) is 5.91 Å². The molecular formula is C14H27NO2. The Labute approximate surface area is 105 Å². The number of carbonyl (C=O) groups excluding carboxylic acids is 1. The molecule has 3 heteroatoms. The van der Waals surface area contributed by atoms with Crippen LogP contribution < -0.4 is 5.32 Å². The van der Waals surface area contributed by atoms with Crippen molar-refractivity contribution in [2.75, 3.05) is 6.54 Å². The lowest BCUT2D eigenvalue weighted by molar-refractivity contribution is -0.123. The van der Waals surface area contributed by atoms with Crippen LogP contribution in [0.2, 0.25) is 0 Å². The van der Waals surface area contributed by atoms with Crippen molar-refractivity contribution in [1.82, 2.24) is 5.32 Å². The van der Waals surface area contributed by atoms with Gasteiger partial charge in [-0.25, -0.2) is 0 Å². The fourth-order valence-electron chi connectivity index (χ4n) is 2.44. The number of aliphatic hydroxyl groups is 1. The average Bonchev–Trinajstić information content (AvgIpc) is 2.78. The van der Waals surface area contributed by atoms with Gasteiger partial charge in [-0.05, 0) is 31.6 Å². The van der Waals surface area contributed by atoms with Gasteiger partial charge in [-0.15, -0.1) is 0 Å². The molecule has 1 aliphatic rings. The Morgan fingerprint density at radius 2 is 2.06 bits per heavy atom. The molecule has 0 bridgehead atoms. The third kappa shape index (κ3) is 4.66. The van der Waals surface area contributed by atoms with E-state index in [1.165, 1.54) is 25.7 Å². The van der Waals surface area contributed by atoms with Gasteiger partial charge in [0.15, 0.2) is 0 Å². The molecule has 100 valence electrons. The van der Waals surface area contributed by atoms with E-state index in [0.717, 1.165) is 6.42 Å². The van der Waals surface area contributed by atoms with Crippen molar-refractivity contribution >= 4 is 5.91 Å². The normalized spacial score (nSPS) is 22.1. The molecule has 2 atom stereocenters. The van der Waals surface area contributed by atoms with Crippen LogP contribution in [0.1, 0.15) is 59.3 Å². The summed E-state index contributed by atoms with van der Waals surface area (Å²) in [5.74, 6) is 0.873. The summed E-state index contributed by atoms with van der Waals surface area (Å²) in [5.41, 5.74) is -0.792. The highest BCUT2D eigenvalue weighted by atomic mass is 16.3. The highest BCUT2D eigenvalue weighted by Gasteiger charge is 2.28. The Hall–Kier alpha value is -0.570. The standard InChI is InChI=1S/C14H27NO2/c1-4-11(2)14(3,17)10-15-13(16)9-12-7-5-6-8-12/h11-12,17H,4-10H2,1-3H3,(H,15,16). The number of carbonyl (C=O) groups is 1. The topological polar surface area (TPSA) is 49.3 Å². The van der Waals surface area contributed by atoms with Crippen LogP contribution in [0, 0.1) is 11.8 Å². The van der Waals surface area contributed by atoms with Gasteiger partial charge in [0.05, 0.1) is 5.60 Å². The molecule has 0 saturated heterocycles. The van der Waals surface area contributed by atoms with E-state index in [1.54, 1.807) is 6.92 Å². The second kappa shape index (κ2) is 6.39. The number of amides is 1. The minimum atomic E-state index is -0.792. The molecule has 0 heterocycles. The summed E-state index contributed by atoms with van der Waals surface area (Å²) >= 11 is 0. The van der Waals surface area contributed by atoms with Crippen molar-refractivity contribution in [2.45, 2.75) is 64.9 Å². The summed E-state index contributed by atoms with van der Waals surface area (Å²) in [6, 6.07) is 0. The van der Waals surface area contributed by atoms with Crippen molar-refractivity contribution in [2.24, 2.45) is 11.8 Å². The van der Waals surface area contributed by atoms with E-state index in [0.29, 0.717) is 18.9 Å². The number of nitrogens with one attached hydrogen (secondary N) is 1. The third-order valence-corrected chi connectivity index (χ3v) is 4.27. The van der Waals surface area contributed by atoms with Crippen molar-refractivity contribution in [1.29, 1.82) is 0 Å². The molecule has 0 aliphatic heterocycles. The van der Waals surface area contributed by atoms with Gasteiger partial charge in [0.25, 0.3) is 0 Å². The van der Waals surface area contributed by atoms with Crippen molar-refractivity contribution in [3.05, 3.63) is 0 Å². The van der Waals surface area contributed by atoms with Gasteiger partial charge in [-0.2, -0.15) is 0 Å². The van der Waals surface area contributed by atoms with Crippen LogP contribution >= 0.6 is 0 Å². The Morgan fingerprint density at radius 1 is 1.47 bits per heavy atom. The first-order valence-corrected chi connectivity index (χ1v) is 6.94. The number of hydrogen-bond acceptors (Lipinski definition) is 2. The molecule has 1 aliphatic carbocycles. The molecule has 2 unspecified atom stereocenters. The van der Waals surface area contributed by atoms with Crippen LogP contribution in [0.4, 0.5) is 0 Å². The van der Waals surface area contributed by atoms with Crippen LogP contribution in [0.15, 0.2) is 0 Å². The summed E-state index contributed by atoms with van der Waals surface area (Å²) in [6.45, 7) is 6.24. The van der Waals surface area contributed by atoms with Crippen molar-refractivity contribution in [3.8, 4) is 0 Å². The molecule has 3 nitrogen and oxygen atoms in total. The third-order valence-electron chi connectivity index (χ3n) is 4.27. The first-order chi connectivity index (χ1) is 7.95. The van der Waals surface area contributed by atoms with E-state index in [2.05, 4.69) is 12.2 Å². The zero-order chi connectivity index (χ0) is 12.9. The van der Waals surface area contributed by atoms with Gasteiger partial charge in [-0.3, -0.25) is 4.79 Å². The maximum absolute atomic E-state index is 11.7. The van der Waals surface area contributed by atoms with E-state index in [-0.39, 0.29) is 11.8 Å². The first-order valence-electron chi connectivity index (χ1n) is 6.94. The smallest absolute Gasteiger partial charge is 0.220 e. The molecule has 0 aromatic carbocycles. The summed E-state index contributed by atoms with van der Waals surface area (Å²) in [6.07, 6.45) is 6.47. The van der Waals surface area contributed by atoms with Crippen LogP contribution in [-0.4, -0.2) is 23.2 Å². The molecule has 17 heavy (non-hydrogen) atoms. The van der Waals surface area contributed by atoms with Gasteiger partial charge in [0, 0.05) is 13.0 Å². The summed E-state index contributed by atoms with van der Waals surface area (Å²) < 4.78 is 0. The lowest BCUT2D eigenvalue weighted by atomic mass is 9.88. The molecule has 0 spiro atoms. The maximum atomic E-state index is 11.7. The summed E-state index contributed by atoms with van der Waals surface area (Å²) in [7, 11) is 0. The quantitative estimate of drug-likeness (QED) is 0.750. The van der Waals surface area contributed by atoms with Crippen LogP contribution in [-0.2, 0) is 4.79 Å². The van der Waals surface area contributed by atoms with E-state index in [1.807, 2.05) is 6.92 Å². The van der Waals surface area contributed by atoms with Crippen molar-refractivity contribution < 1.29 is 9.90 Å². The molecular weight excluding hydrogens is 214 g/mol. The van der Waals surface area contributed by atoms with Crippen LogP contribution in [0.3, 0.4) is 0 Å². The first kappa shape index (κ1) is 14.5. The largest absolute Gasteiger partial charge is 0.388 e. The lowest BCUT2D eigenvalue weighted by Crippen LogP contribution is -2.45. The summed E-state index contributed by atoms with van der Waals surface area (Å²) in [5, 5.41) is 13.1. The number of hydrogen-bond donors (Lipinski definition) is 2. The Morgan fingerprint density at radius 3 is 2.59 bits per heavy atom. The maximum Gasteiger partial charge on any atom is 0.220 e. The van der Waals surface area contributed by atoms with E-state index in [4.69, 9.17) is 0 Å². The minimum Gasteiger partial charge on any atom is -0.388 e. The molecule has 1 amide bonds. The zero-order valence-corrected chi connectivity index (χ0v) is 11.5. The fourth-order valence-corrected chi connectivity index (χ4v) is 2.44. The molecule has 2 N–H and O–H groups in total. The molecule has 1 saturated carbocycles.